The van der Waals surface area contributed by atoms with Gasteiger partial charge >= 0.3 is 0 Å². The average Bonchev–Trinajstić information content (AvgIpc) is 3.17. The lowest BCUT2D eigenvalue weighted by atomic mass is 9.99. The van der Waals surface area contributed by atoms with E-state index in [0.29, 0.717) is 11.7 Å². The number of carbonyl (C=O) groups excluding carboxylic acids is 1. The molecule has 0 atom stereocenters. The summed E-state index contributed by atoms with van der Waals surface area (Å²) in [6.45, 7) is 6.05. The Labute approximate surface area is 176 Å². The fourth-order valence-corrected chi connectivity index (χ4v) is 4.47. The Balaban J connectivity index is 1.59. The minimum absolute atomic E-state index is 0.182. The molecule has 0 aliphatic carbocycles. The normalized spacial score (nSPS) is 14.9. The number of aromatic nitrogens is 3. The lowest BCUT2D eigenvalue weighted by molar-refractivity contribution is -0.129. The number of likely N-dealkylation sites (tertiary alicyclic amines) is 1. The number of nitrogens with zero attached hydrogens (tertiary/aromatic N) is 4. The molecule has 0 radical (unpaired) electrons. The molecule has 0 bridgehead atoms. The maximum Gasteiger partial charge on any atom is 0.233 e. The second kappa shape index (κ2) is 8.82. The lowest BCUT2D eigenvalue weighted by Gasteiger charge is -2.30. The van der Waals surface area contributed by atoms with E-state index in [0.717, 1.165) is 48.2 Å². The number of amides is 1. The molecule has 2 heterocycles. The largest absolute Gasteiger partial charge is 0.342 e. The molecule has 4 rings (SSSR count). The van der Waals surface area contributed by atoms with E-state index >= 15 is 0 Å². The molecule has 1 aromatic heterocycles. The molecule has 0 spiro atoms. The van der Waals surface area contributed by atoms with E-state index in [-0.39, 0.29) is 5.91 Å². The van der Waals surface area contributed by atoms with Crippen molar-refractivity contribution in [1.82, 2.24) is 19.7 Å². The Bertz CT molecular complexity index is 978. The average molecular weight is 407 g/mol. The second-order valence-electron chi connectivity index (χ2n) is 7.70. The highest BCUT2D eigenvalue weighted by Crippen LogP contribution is 2.29. The molecule has 3 aromatic rings. The number of benzene rings is 2. The summed E-state index contributed by atoms with van der Waals surface area (Å²) >= 11 is 1.46. The van der Waals surface area contributed by atoms with Gasteiger partial charge in [0.25, 0.3) is 0 Å². The number of aryl methyl sites for hydroxylation is 1. The van der Waals surface area contributed by atoms with Crippen LogP contribution in [-0.2, 0) is 4.79 Å². The zero-order valence-electron chi connectivity index (χ0n) is 16.9. The van der Waals surface area contributed by atoms with Gasteiger partial charge in [0, 0.05) is 24.3 Å². The van der Waals surface area contributed by atoms with Gasteiger partial charge < -0.3 is 4.90 Å². The Morgan fingerprint density at radius 1 is 1.07 bits per heavy atom. The van der Waals surface area contributed by atoms with Gasteiger partial charge in [-0.2, -0.15) is 0 Å². The monoisotopic (exact) mass is 406 g/mol. The highest BCUT2D eigenvalue weighted by molar-refractivity contribution is 7.99. The lowest BCUT2D eigenvalue weighted by Crippen LogP contribution is -2.38. The van der Waals surface area contributed by atoms with Crippen molar-refractivity contribution in [3.05, 3.63) is 60.2 Å². The third-order valence-electron chi connectivity index (χ3n) is 5.39. The Kier molecular flexibility index (Phi) is 6.00. The number of para-hydroxylation sites is 1. The summed E-state index contributed by atoms with van der Waals surface area (Å²) in [6.07, 6.45) is 2.18. The SMILES string of the molecule is Cc1cccc(-c2nnc(SCC(=O)N3CCC(C)CC3)n2-c2ccccc2)c1. The topological polar surface area (TPSA) is 51.0 Å². The Hall–Kier alpha value is -2.60. The fraction of sp³-hybridized carbons (Fsp3) is 0.348. The minimum Gasteiger partial charge on any atom is -0.342 e. The van der Waals surface area contributed by atoms with Gasteiger partial charge in [0.1, 0.15) is 0 Å². The highest BCUT2D eigenvalue weighted by Gasteiger charge is 2.22. The molecule has 6 heteroatoms. The van der Waals surface area contributed by atoms with E-state index in [9.17, 15) is 4.79 Å². The molecular formula is C23H26N4OS. The number of thioether (sulfide) groups is 1. The van der Waals surface area contributed by atoms with Crippen LogP contribution in [0.25, 0.3) is 17.1 Å². The van der Waals surface area contributed by atoms with Crippen LogP contribution in [-0.4, -0.2) is 44.4 Å². The summed E-state index contributed by atoms with van der Waals surface area (Å²) in [5.74, 6) is 2.07. The molecule has 1 aliphatic rings. The first-order chi connectivity index (χ1) is 14.1. The minimum atomic E-state index is 0.182. The van der Waals surface area contributed by atoms with Crippen molar-refractivity contribution in [3.63, 3.8) is 0 Å². The molecule has 29 heavy (non-hydrogen) atoms. The standard InChI is InChI=1S/C23H26N4OS/c1-17-11-13-26(14-12-17)21(28)16-29-23-25-24-22(19-8-6-7-18(2)15-19)27(23)20-9-4-3-5-10-20/h3-10,15,17H,11-14,16H2,1-2H3. The van der Waals surface area contributed by atoms with Gasteiger partial charge in [0.05, 0.1) is 5.75 Å². The van der Waals surface area contributed by atoms with Crippen molar-refractivity contribution in [2.75, 3.05) is 18.8 Å². The number of piperidine rings is 1. The summed E-state index contributed by atoms with van der Waals surface area (Å²) < 4.78 is 2.05. The quantitative estimate of drug-likeness (QED) is 0.582. The van der Waals surface area contributed by atoms with Gasteiger partial charge in [-0.15, -0.1) is 10.2 Å². The summed E-state index contributed by atoms with van der Waals surface area (Å²) in [7, 11) is 0. The van der Waals surface area contributed by atoms with Crippen LogP contribution >= 0.6 is 11.8 Å². The van der Waals surface area contributed by atoms with E-state index in [1.807, 2.05) is 51.9 Å². The van der Waals surface area contributed by atoms with Crippen LogP contribution in [0, 0.1) is 12.8 Å². The number of hydrogen-bond acceptors (Lipinski definition) is 4. The second-order valence-corrected chi connectivity index (χ2v) is 8.64. The Morgan fingerprint density at radius 2 is 1.83 bits per heavy atom. The maximum atomic E-state index is 12.7. The van der Waals surface area contributed by atoms with Crippen molar-refractivity contribution in [3.8, 4) is 17.1 Å². The van der Waals surface area contributed by atoms with E-state index in [4.69, 9.17) is 0 Å². The molecule has 2 aromatic carbocycles. The van der Waals surface area contributed by atoms with E-state index < -0.39 is 0 Å². The third kappa shape index (κ3) is 4.53. The van der Waals surface area contributed by atoms with Crippen LogP contribution in [0.4, 0.5) is 0 Å². The summed E-state index contributed by atoms with van der Waals surface area (Å²) in [4.78, 5) is 14.7. The van der Waals surface area contributed by atoms with Crippen molar-refractivity contribution >= 4 is 17.7 Å². The molecule has 0 N–H and O–H groups in total. The fourth-order valence-electron chi connectivity index (χ4n) is 3.62. The van der Waals surface area contributed by atoms with E-state index in [2.05, 4.69) is 36.2 Å². The van der Waals surface area contributed by atoms with Crippen LogP contribution in [0.1, 0.15) is 25.3 Å². The molecule has 1 saturated heterocycles. The maximum absolute atomic E-state index is 12.7. The zero-order valence-corrected chi connectivity index (χ0v) is 17.7. The van der Waals surface area contributed by atoms with Gasteiger partial charge in [-0.25, -0.2) is 0 Å². The molecule has 5 nitrogen and oxygen atoms in total. The van der Waals surface area contributed by atoms with E-state index in [1.54, 1.807) is 0 Å². The zero-order chi connectivity index (χ0) is 20.2. The molecule has 1 aliphatic heterocycles. The van der Waals surface area contributed by atoms with Gasteiger partial charge in [-0.3, -0.25) is 9.36 Å². The number of carbonyl (C=O) groups is 1. The van der Waals surface area contributed by atoms with Crippen LogP contribution < -0.4 is 0 Å². The molecule has 1 amide bonds. The van der Waals surface area contributed by atoms with Crippen molar-refractivity contribution in [2.45, 2.75) is 31.8 Å². The highest BCUT2D eigenvalue weighted by atomic mass is 32.2. The van der Waals surface area contributed by atoms with Crippen LogP contribution in [0.15, 0.2) is 59.8 Å². The molecule has 150 valence electrons. The van der Waals surface area contributed by atoms with Gasteiger partial charge in [-0.05, 0) is 43.9 Å². The van der Waals surface area contributed by atoms with E-state index in [1.165, 1.54) is 17.3 Å². The molecular weight excluding hydrogens is 380 g/mol. The van der Waals surface area contributed by atoms with Crippen LogP contribution in [0.5, 0.6) is 0 Å². The number of hydrogen-bond donors (Lipinski definition) is 0. The van der Waals surface area contributed by atoms with Gasteiger partial charge in [-0.1, -0.05) is 60.6 Å². The first kappa shape index (κ1) is 19.7. The Morgan fingerprint density at radius 3 is 2.55 bits per heavy atom. The predicted molar refractivity (Wildman–Crippen MR) is 117 cm³/mol. The third-order valence-corrected chi connectivity index (χ3v) is 6.30. The van der Waals surface area contributed by atoms with Crippen LogP contribution in [0.3, 0.4) is 0 Å². The van der Waals surface area contributed by atoms with Gasteiger partial charge in [0.15, 0.2) is 11.0 Å². The van der Waals surface area contributed by atoms with Crippen molar-refractivity contribution < 1.29 is 4.79 Å². The smallest absolute Gasteiger partial charge is 0.233 e. The van der Waals surface area contributed by atoms with Crippen LogP contribution in [0.2, 0.25) is 0 Å². The summed E-state index contributed by atoms with van der Waals surface area (Å²) in [5.41, 5.74) is 3.19. The summed E-state index contributed by atoms with van der Waals surface area (Å²) in [5, 5.41) is 9.65. The molecule has 0 unspecified atom stereocenters. The van der Waals surface area contributed by atoms with Gasteiger partial charge in [0.2, 0.25) is 5.91 Å². The van der Waals surface area contributed by atoms with Crippen molar-refractivity contribution in [2.24, 2.45) is 5.92 Å². The number of rotatable bonds is 5. The first-order valence-electron chi connectivity index (χ1n) is 10.1. The first-order valence-corrected chi connectivity index (χ1v) is 11.1. The summed E-state index contributed by atoms with van der Waals surface area (Å²) in [6, 6.07) is 18.3. The van der Waals surface area contributed by atoms with Crippen molar-refractivity contribution in [1.29, 1.82) is 0 Å². The predicted octanol–water partition coefficient (Wildman–Crippen LogP) is 4.59. The molecule has 0 saturated carbocycles. The molecule has 1 fully saturated rings.